The van der Waals surface area contributed by atoms with Crippen molar-refractivity contribution in [3.05, 3.63) is 78.0 Å². The number of primary amides is 1. The number of thioether (sulfide) groups is 1. The highest BCUT2D eigenvalue weighted by molar-refractivity contribution is 7.98. The molecule has 0 saturated heterocycles. The van der Waals surface area contributed by atoms with Gasteiger partial charge in [0.05, 0.1) is 24.2 Å². The van der Waals surface area contributed by atoms with E-state index >= 15 is 0 Å². The number of nitrogens with two attached hydrogens (primary N) is 1. The third kappa shape index (κ3) is 4.77. The summed E-state index contributed by atoms with van der Waals surface area (Å²) in [7, 11) is 0. The molecule has 0 aliphatic rings. The fraction of sp³-hybridized carbons (Fsp3) is 0.200. The summed E-state index contributed by atoms with van der Waals surface area (Å²) < 4.78 is 22.4. The van der Waals surface area contributed by atoms with Crippen molar-refractivity contribution in [3.63, 3.8) is 0 Å². The van der Waals surface area contributed by atoms with Crippen LogP contribution in [-0.4, -0.2) is 30.5 Å². The Morgan fingerprint density at radius 3 is 2.87 bits per heavy atom. The Kier molecular flexibility index (Phi) is 5.94. The minimum atomic E-state index is -0.389. The molecule has 4 rings (SSSR count). The second-order valence-electron chi connectivity index (χ2n) is 6.55. The van der Waals surface area contributed by atoms with E-state index in [0.717, 1.165) is 11.5 Å². The number of nitrogens with zero attached hydrogens (tertiary/aromatic N) is 5. The highest BCUT2D eigenvalue weighted by Gasteiger charge is 2.15. The topological polar surface area (TPSA) is 105 Å². The van der Waals surface area contributed by atoms with Crippen LogP contribution in [0.2, 0.25) is 0 Å². The molecule has 0 spiro atoms. The first kappa shape index (κ1) is 19.9. The molecular formula is C20H19FN6O2S. The van der Waals surface area contributed by atoms with Gasteiger partial charge < -0.3 is 10.2 Å². The lowest BCUT2D eigenvalue weighted by atomic mass is 10.3. The van der Waals surface area contributed by atoms with Crippen LogP contribution >= 0.6 is 11.8 Å². The largest absolute Gasteiger partial charge is 0.467 e. The molecular weight excluding hydrogens is 407 g/mol. The summed E-state index contributed by atoms with van der Waals surface area (Å²) in [5, 5.41) is 13.7. The van der Waals surface area contributed by atoms with Crippen LogP contribution in [-0.2, 0) is 23.5 Å². The fourth-order valence-corrected chi connectivity index (χ4v) is 3.76. The molecule has 2 N–H and O–H groups in total. The van der Waals surface area contributed by atoms with Gasteiger partial charge in [-0.2, -0.15) is 5.10 Å². The normalized spacial score (nSPS) is 11.1. The number of hydrogen-bond acceptors (Lipinski definition) is 6. The van der Waals surface area contributed by atoms with Gasteiger partial charge in [-0.05, 0) is 36.4 Å². The molecule has 0 atom stereocenters. The quantitative estimate of drug-likeness (QED) is 0.413. The second kappa shape index (κ2) is 8.95. The molecule has 0 radical (unpaired) electrons. The third-order valence-electron chi connectivity index (χ3n) is 4.35. The van der Waals surface area contributed by atoms with Crippen molar-refractivity contribution >= 4 is 17.7 Å². The molecule has 3 aromatic heterocycles. The van der Waals surface area contributed by atoms with Crippen LogP contribution in [0.5, 0.6) is 0 Å². The van der Waals surface area contributed by atoms with Crippen molar-refractivity contribution in [2.24, 2.45) is 5.73 Å². The van der Waals surface area contributed by atoms with Crippen molar-refractivity contribution in [1.29, 1.82) is 0 Å². The molecule has 154 valence electrons. The number of amides is 1. The zero-order chi connectivity index (χ0) is 20.9. The van der Waals surface area contributed by atoms with Crippen LogP contribution in [0, 0.1) is 5.82 Å². The number of aromatic nitrogens is 5. The number of furan rings is 1. The van der Waals surface area contributed by atoms with Crippen molar-refractivity contribution in [2.45, 2.75) is 30.3 Å². The van der Waals surface area contributed by atoms with Crippen LogP contribution < -0.4 is 5.73 Å². The van der Waals surface area contributed by atoms with E-state index in [4.69, 9.17) is 10.2 Å². The van der Waals surface area contributed by atoms with E-state index in [1.807, 2.05) is 22.8 Å². The Balaban J connectivity index is 1.49. The zero-order valence-electron chi connectivity index (χ0n) is 15.9. The molecule has 0 saturated carbocycles. The predicted molar refractivity (Wildman–Crippen MR) is 108 cm³/mol. The first-order valence-corrected chi connectivity index (χ1v) is 10.2. The van der Waals surface area contributed by atoms with Gasteiger partial charge >= 0.3 is 0 Å². The van der Waals surface area contributed by atoms with Crippen LogP contribution in [0.1, 0.15) is 23.7 Å². The van der Waals surface area contributed by atoms with Gasteiger partial charge in [-0.3, -0.25) is 9.36 Å². The highest BCUT2D eigenvalue weighted by Crippen LogP contribution is 2.23. The lowest BCUT2D eigenvalue weighted by molar-refractivity contribution is -0.118. The Labute approximate surface area is 175 Å². The number of aryl methyl sites for hydroxylation is 1. The Morgan fingerprint density at radius 2 is 2.10 bits per heavy atom. The highest BCUT2D eigenvalue weighted by atomic mass is 32.2. The summed E-state index contributed by atoms with van der Waals surface area (Å²) in [5.41, 5.74) is 6.74. The molecule has 3 heterocycles. The smallest absolute Gasteiger partial charge is 0.217 e. The van der Waals surface area contributed by atoms with E-state index < -0.39 is 0 Å². The maximum Gasteiger partial charge on any atom is 0.217 e. The SMILES string of the molecule is NC(=O)CCc1nnc(SCc2ccn(-c3cccc(F)c3)n2)n1Cc1ccco1. The standard InChI is InChI=1S/C20H19FN6O2S/c21-14-3-1-4-16(11-14)27-9-8-15(25-27)13-30-20-24-23-19(7-6-18(22)28)26(20)12-17-5-2-10-29-17/h1-5,8-11H,6-7,12-13H2,(H2,22,28). The monoisotopic (exact) mass is 426 g/mol. The summed E-state index contributed by atoms with van der Waals surface area (Å²) in [6.07, 6.45) is 3.99. The Hall–Kier alpha value is -3.40. The van der Waals surface area contributed by atoms with E-state index in [1.165, 1.54) is 23.9 Å². The van der Waals surface area contributed by atoms with Crippen molar-refractivity contribution in [2.75, 3.05) is 0 Å². The van der Waals surface area contributed by atoms with E-state index in [9.17, 15) is 9.18 Å². The second-order valence-corrected chi connectivity index (χ2v) is 7.49. The first-order valence-electron chi connectivity index (χ1n) is 9.24. The van der Waals surface area contributed by atoms with Gasteiger partial charge in [-0.1, -0.05) is 17.8 Å². The summed E-state index contributed by atoms with van der Waals surface area (Å²) in [6, 6.07) is 11.8. The van der Waals surface area contributed by atoms with Crippen LogP contribution in [0.4, 0.5) is 4.39 Å². The van der Waals surface area contributed by atoms with Crippen LogP contribution in [0.25, 0.3) is 5.69 Å². The van der Waals surface area contributed by atoms with Gasteiger partial charge in [0, 0.05) is 24.8 Å². The summed E-state index contributed by atoms with van der Waals surface area (Å²) in [5.74, 6) is 1.27. The average molecular weight is 426 g/mol. The fourth-order valence-electron chi connectivity index (χ4n) is 2.90. The van der Waals surface area contributed by atoms with Gasteiger partial charge in [0.25, 0.3) is 0 Å². The number of hydrogen-bond donors (Lipinski definition) is 1. The molecule has 0 unspecified atom stereocenters. The average Bonchev–Trinajstić information content (AvgIpc) is 3.47. The molecule has 4 aromatic rings. The number of carbonyl (C=O) groups is 1. The number of carbonyl (C=O) groups excluding carboxylic acids is 1. The number of halogens is 1. The molecule has 0 aliphatic heterocycles. The van der Waals surface area contributed by atoms with E-state index in [-0.39, 0.29) is 18.1 Å². The molecule has 0 bridgehead atoms. The Bertz CT molecular complexity index is 1140. The van der Waals surface area contributed by atoms with Gasteiger partial charge in [-0.25, -0.2) is 9.07 Å². The maximum absolute atomic E-state index is 13.4. The zero-order valence-corrected chi connectivity index (χ0v) is 16.8. The van der Waals surface area contributed by atoms with E-state index in [0.29, 0.717) is 35.4 Å². The van der Waals surface area contributed by atoms with Crippen molar-refractivity contribution in [3.8, 4) is 5.69 Å². The lowest BCUT2D eigenvalue weighted by Crippen LogP contribution is -2.14. The van der Waals surface area contributed by atoms with Crippen LogP contribution in [0.15, 0.2) is 64.5 Å². The lowest BCUT2D eigenvalue weighted by Gasteiger charge is -2.08. The molecule has 0 aliphatic carbocycles. The van der Waals surface area contributed by atoms with E-state index in [1.54, 1.807) is 29.3 Å². The summed E-state index contributed by atoms with van der Waals surface area (Å²) in [6.45, 7) is 0.453. The number of benzene rings is 1. The van der Waals surface area contributed by atoms with Crippen molar-refractivity contribution < 1.29 is 13.6 Å². The van der Waals surface area contributed by atoms with Gasteiger partial charge in [0.2, 0.25) is 5.91 Å². The first-order chi connectivity index (χ1) is 14.6. The molecule has 30 heavy (non-hydrogen) atoms. The summed E-state index contributed by atoms with van der Waals surface area (Å²) >= 11 is 1.47. The molecule has 0 fully saturated rings. The molecule has 8 nitrogen and oxygen atoms in total. The van der Waals surface area contributed by atoms with Crippen molar-refractivity contribution in [1.82, 2.24) is 24.5 Å². The minimum Gasteiger partial charge on any atom is -0.467 e. The van der Waals surface area contributed by atoms with Gasteiger partial charge in [0.1, 0.15) is 17.4 Å². The molecule has 1 aromatic carbocycles. The maximum atomic E-state index is 13.4. The molecule has 1 amide bonds. The Morgan fingerprint density at radius 1 is 1.20 bits per heavy atom. The van der Waals surface area contributed by atoms with Gasteiger partial charge in [-0.15, -0.1) is 10.2 Å². The predicted octanol–water partition coefficient (Wildman–Crippen LogP) is 2.95. The van der Waals surface area contributed by atoms with Crippen LogP contribution in [0.3, 0.4) is 0 Å². The minimum absolute atomic E-state index is 0.193. The summed E-state index contributed by atoms with van der Waals surface area (Å²) in [4.78, 5) is 11.2. The number of rotatable bonds is 9. The third-order valence-corrected chi connectivity index (χ3v) is 5.35. The van der Waals surface area contributed by atoms with Gasteiger partial charge in [0.15, 0.2) is 5.16 Å². The molecule has 10 heteroatoms. The van der Waals surface area contributed by atoms with E-state index in [2.05, 4.69) is 15.3 Å².